The van der Waals surface area contributed by atoms with Crippen LogP contribution in [0.3, 0.4) is 0 Å². The number of hydrogen-bond donors (Lipinski definition) is 2. The van der Waals surface area contributed by atoms with Gasteiger partial charge in [-0.1, -0.05) is 6.07 Å². The second-order valence-electron chi connectivity index (χ2n) is 4.76. The van der Waals surface area contributed by atoms with Crippen molar-refractivity contribution in [3.63, 3.8) is 0 Å². The largest absolute Gasteiger partial charge is 0.465 e. The Balaban J connectivity index is 2.31. The number of amides is 1. The lowest BCUT2D eigenvalue weighted by Crippen LogP contribution is -2.15. The summed E-state index contributed by atoms with van der Waals surface area (Å²) in [6.07, 6.45) is 0. The first kappa shape index (κ1) is 16.9. The van der Waals surface area contributed by atoms with E-state index in [4.69, 9.17) is 0 Å². The van der Waals surface area contributed by atoms with E-state index in [9.17, 15) is 19.7 Å². The summed E-state index contributed by atoms with van der Waals surface area (Å²) >= 11 is 0. The molecule has 2 aromatic carbocycles. The molecule has 8 heteroatoms. The summed E-state index contributed by atoms with van der Waals surface area (Å²) in [5.74, 6) is -1.07. The highest BCUT2D eigenvalue weighted by Gasteiger charge is 2.17. The van der Waals surface area contributed by atoms with Crippen molar-refractivity contribution in [2.45, 2.75) is 0 Å². The number of non-ortho nitro benzene ring substituents is 1. The summed E-state index contributed by atoms with van der Waals surface area (Å²) in [5.41, 5.74) is 1.03. The van der Waals surface area contributed by atoms with Crippen molar-refractivity contribution in [3.05, 3.63) is 63.7 Å². The van der Waals surface area contributed by atoms with Gasteiger partial charge >= 0.3 is 5.97 Å². The number of nitrogens with one attached hydrogen (secondary N) is 2. The zero-order chi connectivity index (χ0) is 17.7. The van der Waals surface area contributed by atoms with Crippen LogP contribution in [-0.4, -0.2) is 31.0 Å². The third-order valence-electron chi connectivity index (χ3n) is 3.27. The lowest BCUT2D eigenvalue weighted by Gasteiger charge is -2.10. The fourth-order valence-electron chi connectivity index (χ4n) is 2.09. The summed E-state index contributed by atoms with van der Waals surface area (Å²) in [5, 5.41) is 16.3. The average molecular weight is 329 g/mol. The van der Waals surface area contributed by atoms with Gasteiger partial charge in [0, 0.05) is 30.6 Å². The molecule has 24 heavy (non-hydrogen) atoms. The number of benzene rings is 2. The molecule has 0 fully saturated rings. The molecule has 0 aliphatic heterocycles. The molecule has 0 heterocycles. The van der Waals surface area contributed by atoms with Crippen LogP contribution in [0.15, 0.2) is 42.5 Å². The first-order valence-electron chi connectivity index (χ1n) is 6.92. The van der Waals surface area contributed by atoms with Crippen molar-refractivity contribution >= 4 is 28.9 Å². The highest BCUT2D eigenvalue weighted by Crippen LogP contribution is 2.23. The number of ether oxygens (including phenoxy) is 1. The number of nitro benzene ring substituents is 1. The molecule has 0 aliphatic carbocycles. The van der Waals surface area contributed by atoms with Gasteiger partial charge in [0.1, 0.15) is 0 Å². The van der Waals surface area contributed by atoms with Gasteiger partial charge in [-0.05, 0) is 24.3 Å². The quantitative estimate of drug-likeness (QED) is 0.496. The highest BCUT2D eigenvalue weighted by atomic mass is 16.6. The predicted molar refractivity (Wildman–Crippen MR) is 88.4 cm³/mol. The zero-order valence-corrected chi connectivity index (χ0v) is 13.0. The SMILES string of the molecule is CNc1ccc([N+](=O)[O-])cc1C(=O)Nc1cccc(C(=O)OC)c1. The molecule has 0 saturated heterocycles. The molecular formula is C16H15N3O5. The van der Waals surface area contributed by atoms with Gasteiger partial charge in [0.25, 0.3) is 11.6 Å². The highest BCUT2D eigenvalue weighted by molar-refractivity contribution is 6.08. The maximum absolute atomic E-state index is 12.4. The summed E-state index contributed by atoms with van der Waals surface area (Å²) in [7, 11) is 2.87. The number of rotatable bonds is 5. The van der Waals surface area contributed by atoms with Crippen molar-refractivity contribution in [1.29, 1.82) is 0 Å². The normalized spacial score (nSPS) is 9.92. The minimum atomic E-state index is -0.575. The molecule has 1 amide bonds. The van der Waals surface area contributed by atoms with Gasteiger partial charge in [-0.15, -0.1) is 0 Å². The first-order valence-corrected chi connectivity index (χ1v) is 6.92. The number of nitrogens with zero attached hydrogens (tertiary/aromatic N) is 1. The lowest BCUT2D eigenvalue weighted by atomic mass is 10.1. The fraction of sp³-hybridized carbons (Fsp3) is 0.125. The second-order valence-corrected chi connectivity index (χ2v) is 4.76. The molecule has 0 aromatic heterocycles. The number of carbonyl (C=O) groups is 2. The number of anilines is 2. The maximum Gasteiger partial charge on any atom is 0.337 e. The Morgan fingerprint density at radius 3 is 2.54 bits per heavy atom. The van der Waals surface area contributed by atoms with Crippen LogP contribution in [0.1, 0.15) is 20.7 Å². The second kappa shape index (κ2) is 7.23. The van der Waals surface area contributed by atoms with Crippen LogP contribution >= 0.6 is 0 Å². The summed E-state index contributed by atoms with van der Waals surface area (Å²) in [6, 6.07) is 10.1. The minimum absolute atomic E-state index is 0.121. The third-order valence-corrected chi connectivity index (χ3v) is 3.27. The van der Waals surface area contributed by atoms with E-state index in [1.165, 1.54) is 31.4 Å². The van der Waals surface area contributed by atoms with Crippen LogP contribution in [0.2, 0.25) is 0 Å². The van der Waals surface area contributed by atoms with Gasteiger partial charge < -0.3 is 15.4 Å². The Bertz CT molecular complexity index is 804. The molecule has 0 radical (unpaired) electrons. The number of nitro groups is 1. The van der Waals surface area contributed by atoms with Crippen LogP contribution < -0.4 is 10.6 Å². The Kier molecular flexibility index (Phi) is 5.10. The van der Waals surface area contributed by atoms with Gasteiger partial charge in [0.15, 0.2) is 0 Å². The van der Waals surface area contributed by atoms with E-state index >= 15 is 0 Å². The molecule has 0 saturated carbocycles. The Morgan fingerprint density at radius 1 is 1.17 bits per heavy atom. The molecule has 0 aliphatic rings. The van der Waals surface area contributed by atoms with Gasteiger partial charge in [-0.3, -0.25) is 14.9 Å². The van der Waals surface area contributed by atoms with Gasteiger partial charge in [-0.25, -0.2) is 4.79 Å². The summed E-state index contributed by atoms with van der Waals surface area (Å²) < 4.78 is 4.62. The zero-order valence-electron chi connectivity index (χ0n) is 13.0. The molecule has 0 spiro atoms. The molecule has 2 rings (SSSR count). The van der Waals surface area contributed by atoms with Crippen molar-refractivity contribution in [2.75, 3.05) is 24.8 Å². The van der Waals surface area contributed by atoms with E-state index in [1.807, 2.05) is 0 Å². The Labute approximate surface area is 137 Å². The van der Waals surface area contributed by atoms with Gasteiger partial charge in [0.2, 0.25) is 0 Å². The predicted octanol–water partition coefficient (Wildman–Crippen LogP) is 2.68. The molecule has 124 valence electrons. The van der Waals surface area contributed by atoms with Crippen LogP contribution in [0, 0.1) is 10.1 Å². The average Bonchev–Trinajstić information content (AvgIpc) is 2.60. The Hall–Kier alpha value is -3.42. The van der Waals surface area contributed by atoms with Crippen molar-refractivity contribution < 1.29 is 19.2 Å². The molecule has 0 unspecified atom stereocenters. The minimum Gasteiger partial charge on any atom is -0.465 e. The van der Waals surface area contributed by atoms with E-state index in [1.54, 1.807) is 25.2 Å². The van der Waals surface area contributed by atoms with Crippen LogP contribution in [0.5, 0.6) is 0 Å². The topological polar surface area (TPSA) is 111 Å². The number of carbonyl (C=O) groups excluding carboxylic acids is 2. The standard InChI is InChI=1S/C16H15N3O5/c1-17-14-7-6-12(19(22)23)9-13(14)15(20)18-11-5-3-4-10(8-11)16(21)24-2/h3-9,17H,1-2H3,(H,18,20). The van der Waals surface area contributed by atoms with Gasteiger partial charge in [0.05, 0.1) is 23.2 Å². The van der Waals surface area contributed by atoms with E-state index in [2.05, 4.69) is 15.4 Å². The molecular weight excluding hydrogens is 314 g/mol. The van der Waals surface area contributed by atoms with Crippen molar-refractivity contribution in [2.24, 2.45) is 0 Å². The monoisotopic (exact) mass is 329 g/mol. The molecule has 0 bridgehead atoms. The van der Waals surface area contributed by atoms with Crippen molar-refractivity contribution in [1.82, 2.24) is 0 Å². The molecule has 2 aromatic rings. The van der Waals surface area contributed by atoms with Crippen LogP contribution in [-0.2, 0) is 4.74 Å². The van der Waals surface area contributed by atoms with E-state index in [0.29, 0.717) is 11.4 Å². The van der Waals surface area contributed by atoms with Gasteiger partial charge in [-0.2, -0.15) is 0 Å². The van der Waals surface area contributed by atoms with E-state index < -0.39 is 16.8 Å². The van der Waals surface area contributed by atoms with E-state index in [0.717, 1.165) is 0 Å². The summed E-state index contributed by atoms with van der Waals surface area (Å²) in [4.78, 5) is 34.3. The smallest absolute Gasteiger partial charge is 0.337 e. The van der Waals surface area contributed by atoms with Crippen LogP contribution in [0.4, 0.5) is 17.1 Å². The number of methoxy groups -OCH3 is 1. The fourth-order valence-corrected chi connectivity index (χ4v) is 2.09. The first-order chi connectivity index (χ1) is 11.5. The third kappa shape index (κ3) is 3.67. The number of hydrogen-bond acceptors (Lipinski definition) is 6. The van der Waals surface area contributed by atoms with E-state index in [-0.39, 0.29) is 16.8 Å². The number of esters is 1. The molecule has 8 nitrogen and oxygen atoms in total. The van der Waals surface area contributed by atoms with Crippen LogP contribution in [0.25, 0.3) is 0 Å². The van der Waals surface area contributed by atoms with Crippen molar-refractivity contribution in [3.8, 4) is 0 Å². The maximum atomic E-state index is 12.4. The summed E-state index contributed by atoms with van der Waals surface area (Å²) in [6.45, 7) is 0. The molecule has 0 atom stereocenters. The molecule has 2 N–H and O–H groups in total. The Morgan fingerprint density at radius 2 is 1.92 bits per heavy atom. The lowest BCUT2D eigenvalue weighted by molar-refractivity contribution is -0.384.